The van der Waals surface area contributed by atoms with Crippen LogP contribution in [0.25, 0.3) is 11.1 Å². The molecule has 0 fully saturated rings. The van der Waals surface area contributed by atoms with Crippen molar-refractivity contribution in [1.29, 1.82) is 0 Å². The normalized spacial score (nSPS) is 12.4. The monoisotopic (exact) mass is 327 g/mol. The number of carbonyl (C=O) groups excluding carboxylic acids is 1. The zero-order valence-electron chi connectivity index (χ0n) is 13.9. The Morgan fingerprint density at radius 3 is 2.40 bits per heavy atom. The average molecular weight is 327 g/mol. The van der Waals surface area contributed by atoms with Crippen molar-refractivity contribution in [3.63, 3.8) is 0 Å². The fourth-order valence-electron chi connectivity index (χ4n) is 3.16. The third-order valence-electron chi connectivity index (χ3n) is 4.49. The molecule has 3 heteroatoms. The molecule has 0 bridgehead atoms. The maximum Gasteiger partial charge on any atom is 0.365 e. The molecule has 0 saturated heterocycles. The number of hydrogen-bond acceptors (Lipinski definition) is 3. The van der Waals surface area contributed by atoms with Gasteiger partial charge in [0.1, 0.15) is 0 Å². The first-order valence-electron chi connectivity index (χ1n) is 8.25. The van der Waals surface area contributed by atoms with Gasteiger partial charge in [0.2, 0.25) is 0 Å². The van der Waals surface area contributed by atoms with Crippen LogP contribution in [0.15, 0.2) is 78.0 Å². The van der Waals surface area contributed by atoms with E-state index in [9.17, 15) is 4.79 Å². The SMILES string of the molecule is CC(=NOC(=O)c1ccccc1)c1ccc2c(c1)Cc1ccccc1-2. The molecule has 0 spiro atoms. The molecule has 3 aromatic rings. The largest absolute Gasteiger partial charge is 0.365 e. The molecule has 0 aliphatic heterocycles. The predicted molar refractivity (Wildman–Crippen MR) is 98.8 cm³/mol. The molecule has 1 aliphatic rings. The van der Waals surface area contributed by atoms with E-state index < -0.39 is 5.97 Å². The van der Waals surface area contributed by atoms with Gasteiger partial charge in [-0.25, -0.2) is 4.79 Å². The molecular weight excluding hydrogens is 310 g/mol. The topological polar surface area (TPSA) is 38.7 Å². The van der Waals surface area contributed by atoms with Crippen LogP contribution in [0.1, 0.15) is 34.0 Å². The van der Waals surface area contributed by atoms with Crippen LogP contribution in [0, 0.1) is 0 Å². The summed E-state index contributed by atoms with van der Waals surface area (Å²) in [5, 5.41) is 4.01. The summed E-state index contributed by atoms with van der Waals surface area (Å²) in [6.45, 7) is 1.85. The molecule has 122 valence electrons. The van der Waals surface area contributed by atoms with Gasteiger partial charge in [-0.05, 0) is 59.4 Å². The molecule has 4 rings (SSSR count). The van der Waals surface area contributed by atoms with Crippen molar-refractivity contribution in [3.05, 3.63) is 95.1 Å². The van der Waals surface area contributed by atoms with E-state index in [0.717, 1.165) is 12.0 Å². The molecule has 0 N–H and O–H groups in total. The Morgan fingerprint density at radius 2 is 1.56 bits per heavy atom. The van der Waals surface area contributed by atoms with Crippen molar-refractivity contribution >= 4 is 11.7 Å². The number of oxime groups is 1. The molecule has 3 aromatic carbocycles. The Morgan fingerprint density at radius 1 is 0.840 bits per heavy atom. The molecule has 0 amide bonds. The van der Waals surface area contributed by atoms with Crippen LogP contribution in [0.5, 0.6) is 0 Å². The van der Waals surface area contributed by atoms with E-state index >= 15 is 0 Å². The Bertz CT molecular complexity index is 974. The molecule has 25 heavy (non-hydrogen) atoms. The number of rotatable bonds is 3. The summed E-state index contributed by atoms with van der Waals surface area (Å²) in [6.07, 6.45) is 0.927. The second-order valence-corrected chi connectivity index (χ2v) is 6.13. The quantitative estimate of drug-likeness (QED) is 0.307. The van der Waals surface area contributed by atoms with E-state index in [0.29, 0.717) is 11.3 Å². The van der Waals surface area contributed by atoms with Crippen molar-refractivity contribution < 1.29 is 9.63 Å². The van der Waals surface area contributed by atoms with E-state index in [1.807, 2.05) is 19.1 Å². The number of hydrogen-bond donors (Lipinski definition) is 0. The lowest BCUT2D eigenvalue weighted by Gasteiger charge is -2.05. The highest BCUT2D eigenvalue weighted by atomic mass is 16.7. The van der Waals surface area contributed by atoms with Crippen LogP contribution in [0.3, 0.4) is 0 Å². The van der Waals surface area contributed by atoms with Gasteiger partial charge in [0.25, 0.3) is 0 Å². The Balaban J connectivity index is 1.55. The van der Waals surface area contributed by atoms with Gasteiger partial charge in [0, 0.05) is 0 Å². The molecular formula is C22H17NO2. The van der Waals surface area contributed by atoms with Gasteiger partial charge in [-0.1, -0.05) is 59.8 Å². The second-order valence-electron chi connectivity index (χ2n) is 6.13. The minimum Gasteiger partial charge on any atom is -0.313 e. The maximum absolute atomic E-state index is 12.0. The smallest absolute Gasteiger partial charge is 0.313 e. The highest BCUT2D eigenvalue weighted by molar-refractivity contribution is 6.00. The molecule has 0 heterocycles. The summed E-state index contributed by atoms with van der Waals surface area (Å²) in [6, 6.07) is 23.6. The van der Waals surface area contributed by atoms with Gasteiger partial charge < -0.3 is 4.84 Å². The zero-order chi connectivity index (χ0) is 17.2. The third kappa shape index (κ3) is 2.96. The lowest BCUT2D eigenvalue weighted by atomic mass is 10.0. The van der Waals surface area contributed by atoms with Crippen LogP contribution in [-0.2, 0) is 11.3 Å². The Labute approximate surface area is 146 Å². The molecule has 0 aromatic heterocycles. The molecule has 3 nitrogen and oxygen atoms in total. The minimum atomic E-state index is -0.450. The fraction of sp³-hybridized carbons (Fsp3) is 0.0909. The summed E-state index contributed by atoms with van der Waals surface area (Å²) < 4.78 is 0. The lowest BCUT2D eigenvalue weighted by Crippen LogP contribution is -2.04. The van der Waals surface area contributed by atoms with Crippen molar-refractivity contribution in [1.82, 2.24) is 0 Å². The standard InChI is InChI=1S/C22H17NO2/c1-15(23-25-22(24)16-7-3-2-4-8-16)17-11-12-21-19(13-17)14-18-9-5-6-10-20(18)21/h2-13H,14H2,1H3. The molecule has 0 unspecified atom stereocenters. The van der Waals surface area contributed by atoms with Gasteiger partial charge in [-0.15, -0.1) is 0 Å². The summed E-state index contributed by atoms with van der Waals surface area (Å²) >= 11 is 0. The first-order chi connectivity index (χ1) is 12.2. The molecule has 0 radical (unpaired) electrons. The van der Waals surface area contributed by atoms with E-state index in [-0.39, 0.29) is 0 Å². The maximum atomic E-state index is 12.0. The lowest BCUT2D eigenvalue weighted by molar-refractivity contribution is 0.0516. The molecule has 1 aliphatic carbocycles. The van der Waals surface area contributed by atoms with Crippen molar-refractivity contribution in [2.24, 2.45) is 5.16 Å². The highest BCUT2D eigenvalue weighted by Gasteiger charge is 2.18. The van der Waals surface area contributed by atoms with Crippen LogP contribution in [-0.4, -0.2) is 11.7 Å². The fourth-order valence-corrected chi connectivity index (χ4v) is 3.16. The Kier molecular flexibility index (Phi) is 3.90. The van der Waals surface area contributed by atoms with Gasteiger partial charge >= 0.3 is 5.97 Å². The first kappa shape index (κ1) is 15.3. The number of carbonyl (C=O) groups is 1. The highest BCUT2D eigenvalue weighted by Crippen LogP contribution is 2.36. The van der Waals surface area contributed by atoms with E-state index in [4.69, 9.17) is 4.84 Å². The summed E-state index contributed by atoms with van der Waals surface area (Å²) in [5.74, 6) is -0.450. The van der Waals surface area contributed by atoms with Crippen LogP contribution in [0.4, 0.5) is 0 Å². The van der Waals surface area contributed by atoms with Crippen molar-refractivity contribution in [2.45, 2.75) is 13.3 Å². The van der Waals surface area contributed by atoms with Crippen LogP contribution >= 0.6 is 0 Å². The molecule has 0 atom stereocenters. The third-order valence-corrected chi connectivity index (χ3v) is 4.49. The van der Waals surface area contributed by atoms with E-state index in [1.54, 1.807) is 24.3 Å². The summed E-state index contributed by atoms with van der Waals surface area (Å²) in [5.41, 5.74) is 7.34. The number of benzene rings is 3. The molecule has 0 saturated carbocycles. The summed E-state index contributed by atoms with van der Waals surface area (Å²) in [7, 11) is 0. The predicted octanol–water partition coefficient (Wildman–Crippen LogP) is 4.84. The van der Waals surface area contributed by atoms with Gasteiger partial charge in [0.15, 0.2) is 0 Å². The zero-order valence-corrected chi connectivity index (χ0v) is 13.9. The average Bonchev–Trinajstić information content (AvgIpc) is 3.04. The second kappa shape index (κ2) is 6.36. The van der Waals surface area contributed by atoms with Crippen molar-refractivity contribution in [2.75, 3.05) is 0 Å². The van der Waals surface area contributed by atoms with E-state index in [1.165, 1.54) is 22.3 Å². The van der Waals surface area contributed by atoms with Gasteiger partial charge in [-0.2, -0.15) is 0 Å². The minimum absolute atomic E-state index is 0.450. The first-order valence-corrected chi connectivity index (χ1v) is 8.25. The number of nitrogens with zero attached hydrogens (tertiary/aromatic N) is 1. The van der Waals surface area contributed by atoms with Crippen LogP contribution in [0.2, 0.25) is 0 Å². The van der Waals surface area contributed by atoms with E-state index in [2.05, 4.69) is 41.6 Å². The Hall–Kier alpha value is -3.20. The van der Waals surface area contributed by atoms with Gasteiger partial charge in [0.05, 0.1) is 11.3 Å². The summed E-state index contributed by atoms with van der Waals surface area (Å²) in [4.78, 5) is 17.1. The van der Waals surface area contributed by atoms with Gasteiger partial charge in [-0.3, -0.25) is 0 Å². The number of fused-ring (bicyclic) bond motifs is 3. The van der Waals surface area contributed by atoms with Crippen LogP contribution < -0.4 is 0 Å². The van der Waals surface area contributed by atoms with Crippen molar-refractivity contribution in [3.8, 4) is 11.1 Å².